The quantitative estimate of drug-likeness (QED) is 0.193. The van der Waals surface area contributed by atoms with E-state index in [1.165, 1.54) is 6.42 Å². The van der Waals surface area contributed by atoms with Crippen molar-refractivity contribution < 1.29 is 14.3 Å². The monoisotopic (exact) mass is 592 g/mol. The molecule has 0 spiro atoms. The van der Waals surface area contributed by atoms with Crippen molar-refractivity contribution in [1.29, 1.82) is 0 Å². The number of aromatic nitrogens is 2. The van der Waals surface area contributed by atoms with Crippen LogP contribution in [-0.4, -0.2) is 34.1 Å². The zero-order chi connectivity index (χ0) is 28.9. The molecule has 1 aliphatic carbocycles. The Labute approximate surface area is 250 Å². The zero-order valence-electron chi connectivity index (χ0n) is 23.0. The van der Waals surface area contributed by atoms with E-state index in [-0.39, 0.29) is 24.3 Å². The first-order valence-electron chi connectivity index (χ1n) is 13.9. The number of para-hydroxylation sites is 1. The molecule has 2 amide bonds. The molecule has 0 radical (unpaired) electrons. The molecule has 0 saturated heterocycles. The molecule has 5 rings (SSSR count). The minimum absolute atomic E-state index is 0.0845. The van der Waals surface area contributed by atoms with Crippen molar-refractivity contribution in [1.82, 2.24) is 20.6 Å². The van der Waals surface area contributed by atoms with Gasteiger partial charge in [-0.25, -0.2) is 4.79 Å². The first kappa shape index (κ1) is 29.0. The Hall–Kier alpha value is -3.55. The Morgan fingerprint density at radius 1 is 1.00 bits per heavy atom. The SMILES string of the molecule is C[C@@](Cc1c[nH]c2ccccc12)(NC(=O)OCc1cccc(Cl)c1Cl)C(=O)NCC1(c2ccccn2)CCCCC1. The molecular weight excluding hydrogens is 559 g/mol. The number of amides is 2. The average molecular weight is 594 g/mol. The maximum absolute atomic E-state index is 14.0. The molecule has 3 N–H and O–H groups in total. The number of rotatable bonds is 9. The van der Waals surface area contributed by atoms with Crippen LogP contribution in [0, 0.1) is 0 Å². The van der Waals surface area contributed by atoms with Gasteiger partial charge in [0.25, 0.3) is 0 Å². The minimum atomic E-state index is -1.31. The van der Waals surface area contributed by atoms with Crippen LogP contribution in [0.3, 0.4) is 0 Å². The number of hydrogen-bond acceptors (Lipinski definition) is 4. The molecule has 1 fully saturated rings. The molecule has 0 bridgehead atoms. The minimum Gasteiger partial charge on any atom is -0.445 e. The summed E-state index contributed by atoms with van der Waals surface area (Å²) in [4.78, 5) is 35.0. The van der Waals surface area contributed by atoms with Gasteiger partial charge in [-0.15, -0.1) is 0 Å². The summed E-state index contributed by atoms with van der Waals surface area (Å²) in [5, 5.41) is 7.75. The molecule has 2 aromatic carbocycles. The van der Waals surface area contributed by atoms with E-state index in [2.05, 4.69) is 20.6 Å². The van der Waals surface area contributed by atoms with Crippen molar-refractivity contribution >= 4 is 46.1 Å². The second-order valence-electron chi connectivity index (χ2n) is 11.0. The average Bonchev–Trinajstić information content (AvgIpc) is 3.40. The predicted octanol–water partition coefficient (Wildman–Crippen LogP) is 7.12. The summed E-state index contributed by atoms with van der Waals surface area (Å²) < 4.78 is 5.51. The van der Waals surface area contributed by atoms with Crippen LogP contribution >= 0.6 is 23.2 Å². The number of nitrogens with zero attached hydrogens (tertiary/aromatic N) is 1. The molecule has 1 aliphatic rings. The van der Waals surface area contributed by atoms with Crippen LogP contribution in [0.5, 0.6) is 0 Å². The number of pyridine rings is 1. The second kappa shape index (κ2) is 12.5. The molecule has 7 nitrogen and oxygen atoms in total. The number of benzene rings is 2. The number of nitrogens with one attached hydrogen (secondary N) is 3. The normalized spacial score (nSPS) is 16.1. The van der Waals surface area contributed by atoms with Gasteiger partial charge in [-0.05, 0) is 49.6 Å². The molecule has 2 heterocycles. The smallest absolute Gasteiger partial charge is 0.408 e. The van der Waals surface area contributed by atoms with Crippen molar-refractivity contribution in [3.05, 3.63) is 99.9 Å². The highest BCUT2D eigenvalue weighted by molar-refractivity contribution is 6.42. The first-order chi connectivity index (χ1) is 19.8. The Morgan fingerprint density at radius 2 is 1.78 bits per heavy atom. The molecule has 0 unspecified atom stereocenters. The summed E-state index contributed by atoms with van der Waals surface area (Å²) in [6.45, 7) is 2.08. The third-order valence-electron chi connectivity index (χ3n) is 8.09. The molecule has 0 aliphatic heterocycles. The largest absolute Gasteiger partial charge is 0.445 e. The van der Waals surface area contributed by atoms with Crippen molar-refractivity contribution in [3.63, 3.8) is 0 Å². The van der Waals surface area contributed by atoms with E-state index in [0.717, 1.165) is 47.8 Å². The van der Waals surface area contributed by atoms with E-state index in [9.17, 15) is 9.59 Å². The van der Waals surface area contributed by atoms with Crippen LogP contribution < -0.4 is 10.6 Å². The molecule has 9 heteroatoms. The molecule has 2 aromatic heterocycles. The Balaban J connectivity index is 1.37. The van der Waals surface area contributed by atoms with Crippen molar-refractivity contribution in [3.8, 4) is 0 Å². The van der Waals surface area contributed by atoms with Gasteiger partial charge in [0.1, 0.15) is 12.1 Å². The maximum atomic E-state index is 14.0. The number of hydrogen-bond donors (Lipinski definition) is 3. The van der Waals surface area contributed by atoms with Gasteiger partial charge in [0.2, 0.25) is 5.91 Å². The number of halogens is 2. The topological polar surface area (TPSA) is 96.1 Å². The van der Waals surface area contributed by atoms with Crippen LogP contribution in [-0.2, 0) is 28.0 Å². The van der Waals surface area contributed by atoms with Gasteiger partial charge in [-0.1, -0.05) is 78.9 Å². The molecular formula is C32H34Cl2N4O3. The Kier molecular flexibility index (Phi) is 8.85. The third kappa shape index (κ3) is 6.52. The van der Waals surface area contributed by atoms with Crippen LogP contribution in [0.25, 0.3) is 10.9 Å². The third-order valence-corrected chi connectivity index (χ3v) is 8.95. The first-order valence-corrected chi connectivity index (χ1v) is 14.7. The van der Waals surface area contributed by atoms with Crippen molar-refractivity contribution in [2.75, 3.05) is 6.54 Å². The van der Waals surface area contributed by atoms with Crippen molar-refractivity contribution in [2.24, 2.45) is 0 Å². The molecule has 1 atom stereocenters. The van der Waals surface area contributed by atoms with Gasteiger partial charge >= 0.3 is 6.09 Å². The van der Waals surface area contributed by atoms with E-state index >= 15 is 0 Å². The maximum Gasteiger partial charge on any atom is 0.408 e. The van der Waals surface area contributed by atoms with Crippen LogP contribution in [0.2, 0.25) is 10.0 Å². The predicted molar refractivity (Wildman–Crippen MR) is 162 cm³/mol. The standard InChI is InChI=1S/C32H34Cl2N4O3/c1-31(18-23-19-36-26-13-4-3-11-24(23)26,38-30(40)41-20-22-10-9-12-25(33)28(22)34)29(39)37-21-32(15-6-2-7-16-32)27-14-5-8-17-35-27/h3-5,8-14,17,19,36H,2,6-7,15-16,18,20-21H2,1H3,(H,37,39)(H,38,40)/t31-/m0/s1. The fourth-order valence-electron chi connectivity index (χ4n) is 5.78. The summed E-state index contributed by atoms with van der Waals surface area (Å²) in [5.74, 6) is -0.290. The highest BCUT2D eigenvalue weighted by Gasteiger charge is 2.40. The summed E-state index contributed by atoms with van der Waals surface area (Å²) in [6, 6.07) is 19.0. The fourth-order valence-corrected chi connectivity index (χ4v) is 6.15. The van der Waals surface area contributed by atoms with Crippen LogP contribution in [0.4, 0.5) is 4.79 Å². The Morgan fingerprint density at radius 3 is 2.56 bits per heavy atom. The van der Waals surface area contributed by atoms with Gasteiger partial charge in [0.15, 0.2) is 0 Å². The van der Waals surface area contributed by atoms with Crippen LogP contribution in [0.15, 0.2) is 73.1 Å². The lowest BCUT2D eigenvalue weighted by atomic mass is 9.71. The number of carbonyl (C=O) groups excluding carboxylic acids is 2. The van der Waals surface area contributed by atoms with E-state index in [1.54, 1.807) is 31.3 Å². The lowest BCUT2D eigenvalue weighted by Gasteiger charge is -2.38. The van der Waals surface area contributed by atoms with Gasteiger partial charge in [0.05, 0.1) is 10.0 Å². The number of alkyl carbamates (subject to hydrolysis) is 1. The molecule has 41 heavy (non-hydrogen) atoms. The highest BCUT2D eigenvalue weighted by Crippen LogP contribution is 2.38. The number of H-pyrrole nitrogens is 1. The lowest BCUT2D eigenvalue weighted by Crippen LogP contribution is -2.59. The van der Waals surface area contributed by atoms with Gasteiger partial charge in [0, 0.05) is 52.9 Å². The van der Waals surface area contributed by atoms with E-state index < -0.39 is 11.6 Å². The Bertz CT molecular complexity index is 1520. The number of ether oxygens (including phenoxy) is 1. The van der Waals surface area contributed by atoms with E-state index in [4.69, 9.17) is 27.9 Å². The van der Waals surface area contributed by atoms with Crippen molar-refractivity contribution in [2.45, 2.75) is 63.0 Å². The summed E-state index contributed by atoms with van der Waals surface area (Å²) >= 11 is 12.4. The number of fused-ring (bicyclic) bond motifs is 1. The summed E-state index contributed by atoms with van der Waals surface area (Å²) in [7, 11) is 0. The molecule has 1 saturated carbocycles. The summed E-state index contributed by atoms with van der Waals surface area (Å²) in [6.07, 6.45) is 8.43. The molecule has 4 aromatic rings. The lowest BCUT2D eigenvalue weighted by molar-refractivity contribution is -0.127. The second-order valence-corrected chi connectivity index (χ2v) is 11.8. The zero-order valence-corrected chi connectivity index (χ0v) is 24.5. The van der Waals surface area contributed by atoms with Crippen LogP contribution in [0.1, 0.15) is 55.8 Å². The van der Waals surface area contributed by atoms with E-state index in [0.29, 0.717) is 22.2 Å². The van der Waals surface area contributed by atoms with Gasteiger partial charge < -0.3 is 20.4 Å². The number of aromatic amines is 1. The fraction of sp³-hybridized carbons (Fsp3) is 0.344. The molecule has 214 valence electrons. The highest BCUT2D eigenvalue weighted by atomic mass is 35.5. The number of carbonyl (C=O) groups is 2. The summed E-state index contributed by atoms with van der Waals surface area (Å²) in [5.41, 5.74) is 1.88. The van der Waals surface area contributed by atoms with Gasteiger partial charge in [-0.2, -0.15) is 0 Å². The van der Waals surface area contributed by atoms with Gasteiger partial charge in [-0.3, -0.25) is 9.78 Å². The van der Waals surface area contributed by atoms with E-state index in [1.807, 2.05) is 48.7 Å².